The summed E-state index contributed by atoms with van der Waals surface area (Å²) in [6, 6.07) is 0. The van der Waals surface area contributed by atoms with Gasteiger partial charge in [-0.1, -0.05) is 52.9 Å². The molecule has 1 nitrogen and oxygen atoms in total. The van der Waals surface area contributed by atoms with Gasteiger partial charge in [0.05, 0.1) is 0 Å². The van der Waals surface area contributed by atoms with E-state index in [1.165, 1.54) is 51.4 Å². The molecule has 90 valence electrons. The Bertz CT molecular complexity index is 178. The Morgan fingerprint density at radius 1 is 1.33 bits per heavy atom. The summed E-state index contributed by atoms with van der Waals surface area (Å²) in [5.41, 5.74) is 6.81. The second-order valence-electron chi connectivity index (χ2n) is 5.68. The minimum Gasteiger partial charge on any atom is -0.325 e. The summed E-state index contributed by atoms with van der Waals surface area (Å²) in [5, 5.41) is 0. The van der Waals surface area contributed by atoms with E-state index in [2.05, 4.69) is 20.8 Å². The van der Waals surface area contributed by atoms with Crippen LogP contribution >= 0.6 is 0 Å². The summed E-state index contributed by atoms with van der Waals surface area (Å²) >= 11 is 0. The maximum absolute atomic E-state index is 6.65. The van der Waals surface area contributed by atoms with Crippen LogP contribution in [0.15, 0.2) is 0 Å². The van der Waals surface area contributed by atoms with Crippen molar-refractivity contribution in [2.75, 3.05) is 0 Å². The lowest BCUT2D eigenvalue weighted by Crippen LogP contribution is -2.50. The highest BCUT2D eigenvalue weighted by atomic mass is 14.8. The van der Waals surface area contributed by atoms with Gasteiger partial charge in [-0.2, -0.15) is 0 Å². The van der Waals surface area contributed by atoms with E-state index in [-0.39, 0.29) is 5.54 Å². The molecule has 1 aliphatic rings. The second kappa shape index (κ2) is 5.89. The van der Waals surface area contributed by atoms with E-state index in [4.69, 9.17) is 5.73 Å². The first kappa shape index (κ1) is 13.0. The van der Waals surface area contributed by atoms with Crippen LogP contribution in [0, 0.1) is 11.8 Å². The highest BCUT2D eigenvalue weighted by molar-refractivity contribution is 4.94. The molecular weight excluding hydrogens is 182 g/mol. The molecule has 0 bridgehead atoms. The van der Waals surface area contributed by atoms with Crippen LogP contribution in [0.5, 0.6) is 0 Å². The Kier molecular flexibility index (Phi) is 5.11. The maximum atomic E-state index is 6.65. The Morgan fingerprint density at radius 2 is 2.07 bits per heavy atom. The summed E-state index contributed by atoms with van der Waals surface area (Å²) in [7, 11) is 0. The molecule has 1 fully saturated rings. The number of hydrogen-bond acceptors (Lipinski definition) is 1. The van der Waals surface area contributed by atoms with E-state index >= 15 is 0 Å². The minimum atomic E-state index is 0.168. The van der Waals surface area contributed by atoms with E-state index in [1.54, 1.807) is 0 Å². The van der Waals surface area contributed by atoms with E-state index in [0.717, 1.165) is 11.8 Å². The maximum Gasteiger partial charge on any atom is 0.0185 e. The topological polar surface area (TPSA) is 26.0 Å². The standard InChI is InChI=1S/C14H29N/c1-4-8-12(3)11-14(15)10-7-6-9-13(14)5-2/h12-13H,4-11,15H2,1-3H3. The molecule has 2 N–H and O–H groups in total. The zero-order valence-corrected chi connectivity index (χ0v) is 10.9. The van der Waals surface area contributed by atoms with Crippen molar-refractivity contribution in [1.82, 2.24) is 0 Å². The molecule has 1 saturated carbocycles. The SMILES string of the molecule is CCCC(C)CC1(N)CCCCC1CC. The monoisotopic (exact) mass is 211 g/mol. The Morgan fingerprint density at radius 3 is 2.67 bits per heavy atom. The van der Waals surface area contributed by atoms with Gasteiger partial charge < -0.3 is 5.73 Å². The van der Waals surface area contributed by atoms with Crippen molar-refractivity contribution in [2.24, 2.45) is 17.6 Å². The average molecular weight is 211 g/mol. The van der Waals surface area contributed by atoms with Gasteiger partial charge in [-0.25, -0.2) is 0 Å². The zero-order valence-electron chi connectivity index (χ0n) is 10.9. The molecule has 0 aromatic rings. The third-order valence-corrected chi connectivity index (χ3v) is 4.26. The molecule has 0 heterocycles. The van der Waals surface area contributed by atoms with E-state index in [1.807, 2.05) is 0 Å². The van der Waals surface area contributed by atoms with Crippen LogP contribution in [0.3, 0.4) is 0 Å². The first-order chi connectivity index (χ1) is 7.12. The number of hydrogen-bond donors (Lipinski definition) is 1. The Balaban J connectivity index is 2.53. The van der Waals surface area contributed by atoms with Gasteiger partial charge >= 0.3 is 0 Å². The molecule has 3 unspecified atom stereocenters. The van der Waals surface area contributed by atoms with Crippen LogP contribution in [0.25, 0.3) is 0 Å². The lowest BCUT2D eigenvalue weighted by atomic mass is 9.68. The normalized spacial score (nSPS) is 34.0. The van der Waals surface area contributed by atoms with Crippen LogP contribution in [-0.2, 0) is 0 Å². The van der Waals surface area contributed by atoms with Crippen molar-refractivity contribution in [3.63, 3.8) is 0 Å². The number of rotatable bonds is 5. The first-order valence-corrected chi connectivity index (χ1v) is 6.91. The van der Waals surface area contributed by atoms with Crippen molar-refractivity contribution in [1.29, 1.82) is 0 Å². The fourth-order valence-electron chi connectivity index (χ4n) is 3.46. The van der Waals surface area contributed by atoms with Gasteiger partial charge in [-0.15, -0.1) is 0 Å². The Hall–Kier alpha value is -0.0400. The van der Waals surface area contributed by atoms with Crippen molar-refractivity contribution < 1.29 is 0 Å². The molecule has 0 aromatic carbocycles. The molecule has 0 spiro atoms. The second-order valence-corrected chi connectivity index (χ2v) is 5.68. The average Bonchev–Trinajstić information content (AvgIpc) is 2.18. The van der Waals surface area contributed by atoms with Gasteiger partial charge in [-0.05, 0) is 31.1 Å². The number of nitrogens with two attached hydrogens (primary N) is 1. The van der Waals surface area contributed by atoms with Crippen LogP contribution in [0.4, 0.5) is 0 Å². The van der Waals surface area contributed by atoms with E-state index < -0.39 is 0 Å². The summed E-state index contributed by atoms with van der Waals surface area (Å²) in [6.07, 6.45) is 10.6. The van der Waals surface area contributed by atoms with Crippen molar-refractivity contribution in [2.45, 2.75) is 77.7 Å². The molecule has 1 heteroatoms. The lowest BCUT2D eigenvalue weighted by molar-refractivity contribution is 0.148. The predicted molar refractivity (Wildman–Crippen MR) is 67.9 cm³/mol. The summed E-state index contributed by atoms with van der Waals surface area (Å²) in [5.74, 6) is 1.60. The highest BCUT2D eigenvalue weighted by Gasteiger charge is 2.36. The van der Waals surface area contributed by atoms with Gasteiger partial charge in [0.1, 0.15) is 0 Å². The van der Waals surface area contributed by atoms with Crippen molar-refractivity contribution >= 4 is 0 Å². The van der Waals surface area contributed by atoms with E-state index in [0.29, 0.717) is 0 Å². The molecule has 0 saturated heterocycles. The van der Waals surface area contributed by atoms with Gasteiger partial charge in [0.25, 0.3) is 0 Å². The molecule has 0 aliphatic heterocycles. The lowest BCUT2D eigenvalue weighted by Gasteiger charge is -2.42. The molecule has 1 aliphatic carbocycles. The third-order valence-electron chi connectivity index (χ3n) is 4.26. The summed E-state index contributed by atoms with van der Waals surface area (Å²) < 4.78 is 0. The van der Waals surface area contributed by atoms with Crippen molar-refractivity contribution in [3.05, 3.63) is 0 Å². The fraction of sp³-hybridized carbons (Fsp3) is 1.00. The molecule has 3 atom stereocenters. The highest BCUT2D eigenvalue weighted by Crippen LogP contribution is 2.38. The van der Waals surface area contributed by atoms with Gasteiger partial charge in [-0.3, -0.25) is 0 Å². The predicted octanol–water partition coefficient (Wildman–Crippen LogP) is 4.11. The first-order valence-electron chi connectivity index (χ1n) is 6.91. The molecule has 0 radical (unpaired) electrons. The molecule has 0 aromatic heterocycles. The quantitative estimate of drug-likeness (QED) is 0.727. The fourth-order valence-corrected chi connectivity index (χ4v) is 3.46. The van der Waals surface area contributed by atoms with Gasteiger partial charge in [0, 0.05) is 5.54 Å². The van der Waals surface area contributed by atoms with Crippen LogP contribution in [0.2, 0.25) is 0 Å². The summed E-state index contributed by atoms with van der Waals surface area (Å²) in [6.45, 7) is 6.96. The molecule has 15 heavy (non-hydrogen) atoms. The largest absolute Gasteiger partial charge is 0.325 e. The van der Waals surface area contributed by atoms with Gasteiger partial charge in [0.2, 0.25) is 0 Å². The van der Waals surface area contributed by atoms with Crippen LogP contribution in [0.1, 0.15) is 72.1 Å². The smallest absolute Gasteiger partial charge is 0.0185 e. The molecular formula is C14H29N. The van der Waals surface area contributed by atoms with Crippen molar-refractivity contribution in [3.8, 4) is 0 Å². The van der Waals surface area contributed by atoms with Crippen LogP contribution < -0.4 is 5.73 Å². The van der Waals surface area contributed by atoms with Gasteiger partial charge in [0.15, 0.2) is 0 Å². The minimum absolute atomic E-state index is 0.168. The van der Waals surface area contributed by atoms with E-state index in [9.17, 15) is 0 Å². The zero-order chi connectivity index (χ0) is 11.3. The Labute approximate surface area is 95.8 Å². The third kappa shape index (κ3) is 3.48. The molecule has 1 rings (SSSR count). The molecule has 0 amide bonds. The summed E-state index contributed by atoms with van der Waals surface area (Å²) in [4.78, 5) is 0. The van der Waals surface area contributed by atoms with Crippen LogP contribution in [-0.4, -0.2) is 5.54 Å².